The summed E-state index contributed by atoms with van der Waals surface area (Å²) in [4.78, 5) is 17.5. The zero-order valence-corrected chi connectivity index (χ0v) is 23.6. The maximum atomic E-state index is 13.6. The van der Waals surface area contributed by atoms with E-state index < -0.39 is 21.8 Å². The molecule has 0 aliphatic carbocycles. The Morgan fingerprint density at radius 3 is 2.49 bits per heavy atom. The van der Waals surface area contributed by atoms with Gasteiger partial charge in [-0.3, -0.25) is 5.21 Å². The summed E-state index contributed by atoms with van der Waals surface area (Å²) in [5.41, 5.74) is 4.16. The molecule has 3 N–H and O–H groups in total. The Kier molecular flexibility index (Phi) is 8.53. The van der Waals surface area contributed by atoms with Gasteiger partial charge in [-0.05, 0) is 80.2 Å². The minimum atomic E-state index is -2.96. The van der Waals surface area contributed by atoms with Crippen molar-refractivity contribution in [2.75, 3.05) is 21.4 Å². The molecule has 0 fully saturated rings. The molecule has 0 aromatic heterocycles. The third-order valence-electron chi connectivity index (χ3n) is 5.73. The highest BCUT2D eigenvalue weighted by molar-refractivity contribution is 14.1. The molecule has 10 heteroatoms. The van der Waals surface area contributed by atoms with Crippen molar-refractivity contribution in [3.63, 3.8) is 0 Å². The monoisotopic (exact) mass is 632 g/mol. The van der Waals surface area contributed by atoms with Crippen molar-refractivity contribution in [2.45, 2.75) is 31.3 Å². The number of nitrogens with zero attached hydrogens (tertiary/aromatic N) is 2. The second-order valence-corrected chi connectivity index (χ2v) is 11.8. The lowest BCUT2D eigenvalue weighted by Gasteiger charge is -2.32. The topological polar surface area (TPSA) is 103 Å². The summed E-state index contributed by atoms with van der Waals surface area (Å²) in [5.74, 6) is 3.69. The average Bonchev–Trinajstić information content (AvgIpc) is 2.88. The van der Waals surface area contributed by atoms with Gasteiger partial charge in [-0.2, -0.15) is 0 Å². The van der Waals surface area contributed by atoms with Crippen LogP contribution in [0.2, 0.25) is 0 Å². The minimum Gasteiger partial charge on any atom is -0.462 e. The van der Waals surface area contributed by atoms with Gasteiger partial charge in [0.2, 0.25) is 0 Å². The van der Waals surface area contributed by atoms with Gasteiger partial charge in [0.25, 0.3) is 0 Å². The predicted molar refractivity (Wildman–Crippen MR) is 158 cm³/mol. The zero-order chi connectivity index (χ0) is 26.6. The lowest BCUT2D eigenvalue weighted by atomic mass is 10.1. The molecule has 3 aromatic rings. The largest absolute Gasteiger partial charge is 0.462 e. The molecule has 1 aliphatic rings. The van der Waals surface area contributed by atoms with Crippen LogP contribution in [0.3, 0.4) is 0 Å². The Labute approximate surface area is 231 Å². The van der Waals surface area contributed by atoms with Gasteiger partial charge in [0.05, 0.1) is 38.9 Å². The zero-order valence-electron chi connectivity index (χ0n) is 20.6. The van der Waals surface area contributed by atoms with Gasteiger partial charge in [0, 0.05) is 9.32 Å². The summed E-state index contributed by atoms with van der Waals surface area (Å²) in [6, 6.07) is 19.4. The number of anilines is 2. The number of aliphatic imine (C=N–C) groups is 1. The standard InChI is InChI=1S/C27H29IN4O4S/c1-18-5-12-22(13-6-18)37(3,35)31-25-26(30-24-17-19(2)7-14-23(24)29-25)32(34)21-10-8-20(9-11-21)27(33)36-16-4-15-28/h5-14,17,25,29,34H,3-4,15-16H2,1-2H3,(H,31,35). The van der Waals surface area contributed by atoms with Crippen molar-refractivity contribution in [1.82, 2.24) is 4.72 Å². The van der Waals surface area contributed by atoms with E-state index in [1.54, 1.807) is 36.4 Å². The van der Waals surface area contributed by atoms with Crippen molar-refractivity contribution < 1.29 is 18.9 Å². The van der Waals surface area contributed by atoms with Crippen LogP contribution in [0.5, 0.6) is 0 Å². The summed E-state index contributed by atoms with van der Waals surface area (Å²) in [7, 11) is -2.96. The van der Waals surface area contributed by atoms with Gasteiger partial charge in [-0.15, -0.1) is 0 Å². The Morgan fingerprint density at radius 2 is 1.81 bits per heavy atom. The van der Waals surface area contributed by atoms with E-state index in [-0.39, 0.29) is 5.84 Å². The molecule has 0 bridgehead atoms. The number of amidine groups is 1. The molecule has 0 amide bonds. The van der Waals surface area contributed by atoms with Gasteiger partial charge in [-0.25, -0.2) is 23.8 Å². The molecule has 2 unspecified atom stereocenters. The van der Waals surface area contributed by atoms with Crippen molar-refractivity contribution in [2.24, 2.45) is 4.99 Å². The summed E-state index contributed by atoms with van der Waals surface area (Å²) < 4.78 is 22.8. The van der Waals surface area contributed by atoms with Gasteiger partial charge in [0.15, 0.2) is 5.84 Å². The molecule has 0 saturated heterocycles. The Bertz CT molecular complexity index is 1410. The number of nitrogens with one attached hydrogen (secondary N) is 2. The number of hydroxylamine groups is 1. The van der Waals surface area contributed by atoms with Crippen LogP contribution in [0.25, 0.3) is 0 Å². The van der Waals surface area contributed by atoms with Crippen LogP contribution in [-0.2, 0) is 14.4 Å². The number of rotatable bonds is 8. The minimum absolute atomic E-state index is 0.180. The number of hydrogen-bond donors (Lipinski definition) is 3. The van der Waals surface area contributed by atoms with Crippen molar-refractivity contribution in [1.29, 1.82) is 0 Å². The van der Waals surface area contributed by atoms with E-state index >= 15 is 0 Å². The van der Waals surface area contributed by atoms with E-state index in [1.165, 1.54) is 0 Å². The maximum absolute atomic E-state index is 13.6. The quantitative estimate of drug-likeness (QED) is 0.0784. The number of carbonyl (C=O) groups is 1. The fraction of sp³-hybridized carbons (Fsp3) is 0.222. The third-order valence-corrected chi connectivity index (χ3v) is 8.14. The number of carbonyl (C=O) groups excluding carboxylic acids is 1. The SMILES string of the molecule is C=S(=O)(NC1Nc2ccc(C)cc2N=C1N(O)c1ccc(C(=O)OCCCI)cc1)c1ccc(C)cc1. The molecular weight excluding hydrogens is 603 g/mol. The van der Waals surface area contributed by atoms with E-state index in [0.717, 1.165) is 32.7 Å². The molecule has 1 aliphatic heterocycles. The van der Waals surface area contributed by atoms with Crippen LogP contribution in [0.15, 0.2) is 76.6 Å². The second-order valence-electron chi connectivity index (χ2n) is 8.71. The molecule has 8 nitrogen and oxygen atoms in total. The summed E-state index contributed by atoms with van der Waals surface area (Å²) in [6.07, 6.45) is -0.0425. The smallest absolute Gasteiger partial charge is 0.338 e. The number of benzene rings is 3. The fourth-order valence-corrected chi connectivity index (χ4v) is 5.27. The highest BCUT2D eigenvalue weighted by atomic mass is 127. The van der Waals surface area contributed by atoms with Crippen molar-refractivity contribution in [3.8, 4) is 0 Å². The first-order valence-corrected chi connectivity index (χ1v) is 14.9. The van der Waals surface area contributed by atoms with Gasteiger partial charge >= 0.3 is 5.97 Å². The molecule has 2 atom stereocenters. The number of fused-ring (bicyclic) bond motifs is 1. The number of esters is 1. The number of aryl methyl sites for hydroxylation is 2. The molecule has 0 saturated carbocycles. The lowest BCUT2D eigenvalue weighted by Crippen LogP contribution is -2.53. The number of ether oxygens (including phenoxy) is 1. The first-order valence-electron chi connectivity index (χ1n) is 11.7. The van der Waals surface area contributed by atoms with Gasteiger partial charge < -0.3 is 10.1 Å². The van der Waals surface area contributed by atoms with E-state index in [4.69, 9.17) is 4.74 Å². The number of alkyl halides is 1. The summed E-state index contributed by atoms with van der Waals surface area (Å²) in [5, 5.41) is 15.4. The van der Waals surface area contributed by atoms with Gasteiger partial charge in [0.1, 0.15) is 6.17 Å². The summed E-state index contributed by atoms with van der Waals surface area (Å²) in [6.45, 7) is 4.26. The maximum Gasteiger partial charge on any atom is 0.338 e. The van der Waals surface area contributed by atoms with Crippen LogP contribution in [0.1, 0.15) is 27.9 Å². The van der Waals surface area contributed by atoms with Crippen molar-refractivity contribution in [3.05, 3.63) is 83.4 Å². The Morgan fingerprint density at radius 1 is 1.14 bits per heavy atom. The second kappa shape index (κ2) is 11.6. The third kappa shape index (κ3) is 6.50. The van der Waals surface area contributed by atoms with Crippen LogP contribution in [-0.4, -0.2) is 44.3 Å². The predicted octanol–water partition coefficient (Wildman–Crippen LogP) is 5.24. The molecule has 4 rings (SSSR count). The van der Waals surface area contributed by atoms with Crippen LogP contribution in [0, 0.1) is 13.8 Å². The Balaban J connectivity index is 1.63. The highest BCUT2D eigenvalue weighted by Crippen LogP contribution is 2.32. The summed E-state index contributed by atoms with van der Waals surface area (Å²) >= 11 is 2.23. The van der Waals surface area contributed by atoms with E-state index in [0.29, 0.717) is 28.4 Å². The number of hydrogen-bond acceptors (Lipinski definition) is 7. The molecule has 37 heavy (non-hydrogen) atoms. The molecule has 1 heterocycles. The average molecular weight is 633 g/mol. The lowest BCUT2D eigenvalue weighted by molar-refractivity contribution is 0.0507. The fourth-order valence-electron chi connectivity index (χ4n) is 3.71. The van der Waals surface area contributed by atoms with E-state index in [1.807, 2.05) is 44.2 Å². The van der Waals surface area contributed by atoms with Crippen LogP contribution < -0.4 is 15.1 Å². The molecular formula is C27H29IN4O4S. The molecule has 0 spiro atoms. The number of halogens is 1. The first kappa shape index (κ1) is 27.1. The molecule has 3 aromatic carbocycles. The molecule has 194 valence electrons. The molecule has 0 radical (unpaired) electrons. The van der Waals surface area contributed by atoms with Crippen LogP contribution in [0.4, 0.5) is 17.1 Å². The Hall–Kier alpha value is -2.93. The van der Waals surface area contributed by atoms with Gasteiger partial charge in [-0.1, -0.05) is 46.4 Å². The normalized spacial score (nSPS) is 16.1. The first-order chi connectivity index (χ1) is 17.7. The van der Waals surface area contributed by atoms with E-state index in [9.17, 15) is 14.2 Å². The van der Waals surface area contributed by atoms with Crippen LogP contribution >= 0.6 is 22.6 Å². The highest BCUT2D eigenvalue weighted by Gasteiger charge is 2.30. The van der Waals surface area contributed by atoms with E-state index in [2.05, 4.69) is 43.5 Å². The van der Waals surface area contributed by atoms with Crippen molar-refractivity contribution >= 4 is 67.0 Å².